The summed E-state index contributed by atoms with van der Waals surface area (Å²) in [5.41, 5.74) is 2.27. The molecule has 0 radical (unpaired) electrons. The fourth-order valence-electron chi connectivity index (χ4n) is 2.09. The molecule has 2 aromatic rings. The number of halogens is 2. The van der Waals surface area contributed by atoms with E-state index in [1.165, 1.54) is 0 Å². The van der Waals surface area contributed by atoms with Gasteiger partial charge in [-0.25, -0.2) is 0 Å². The Morgan fingerprint density at radius 2 is 1.76 bits per heavy atom. The Kier molecular flexibility index (Phi) is 5.31. The van der Waals surface area contributed by atoms with E-state index in [2.05, 4.69) is 19.0 Å². The molecule has 5 heteroatoms. The van der Waals surface area contributed by atoms with Gasteiger partial charge < -0.3 is 9.26 Å². The Labute approximate surface area is 135 Å². The fourth-order valence-corrected chi connectivity index (χ4v) is 2.66. The van der Waals surface area contributed by atoms with Gasteiger partial charge in [-0.05, 0) is 26.0 Å². The SMILES string of the molecule is CC(C)OCc1c(-c2c(Cl)cccc2Cl)noc1C(C)C. The van der Waals surface area contributed by atoms with Crippen LogP contribution in [0.2, 0.25) is 10.0 Å². The zero-order valence-electron chi connectivity index (χ0n) is 12.6. The molecule has 0 unspecified atom stereocenters. The molecule has 114 valence electrons. The van der Waals surface area contributed by atoms with Crippen LogP contribution in [0.25, 0.3) is 11.3 Å². The Bertz CT molecular complexity index is 600. The summed E-state index contributed by atoms with van der Waals surface area (Å²) in [6, 6.07) is 5.39. The number of rotatable bonds is 5. The Morgan fingerprint density at radius 1 is 1.14 bits per heavy atom. The van der Waals surface area contributed by atoms with E-state index in [-0.39, 0.29) is 12.0 Å². The first-order chi connectivity index (χ1) is 9.91. The van der Waals surface area contributed by atoms with Crippen LogP contribution in [0.1, 0.15) is 44.9 Å². The van der Waals surface area contributed by atoms with Crippen LogP contribution in [-0.4, -0.2) is 11.3 Å². The predicted octanol–water partition coefficient (Wildman–Crippen LogP) is 5.70. The second kappa shape index (κ2) is 6.82. The first-order valence-corrected chi connectivity index (χ1v) is 7.71. The van der Waals surface area contributed by atoms with Crippen LogP contribution in [0.4, 0.5) is 0 Å². The van der Waals surface area contributed by atoms with Crippen LogP contribution < -0.4 is 0 Å². The van der Waals surface area contributed by atoms with Crippen molar-refractivity contribution in [3.8, 4) is 11.3 Å². The van der Waals surface area contributed by atoms with Crippen molar-refractivity contribution in [2.75, 3.05) is 0 Å². The Hall–Kier alpha value is -1.03. The maximum atomic E-state index is 6.28. The van der Waals surface area contributed by atoms with E-state index >= 15 is 0 Å². The summed E-state index contributed by atoms with van der Waals surface area (Å²) in [6.45, 7) is 8.51. The molecule has 0 bridgehead atoms. The van der Waals surface area contributed by atoms with E-state index in [4.69, 9.17) is 32.5 Å². The molecule has 3 nitrogen and oxygen atoms in total. The lowest BCUT2D eigenvalue weighted by molar-refractivity contribution is 0.0648. The van der Waals surface area contributed by atoms with Gasteiger partial charge in [0.15, 0.2) is 0 Å². The predicted molar refractivity (Wildman–Crippen MR) is 86.0 cm³/mol. The maximum absolute atomic E-state index is 6.28. The van der Waals surface area contributed by atoms with Crippen molar-refractivity contribution < 1.29 is 9.26 Å². The van der Waals surface area contributed by atoms with Crippen LogP contribution >= 0.6 is 23.2 Å². The van der Waals surface area contributed by atoms with Crippen LogP contribution in [0.3, 0.4) is 0 Å². The van der Waals surface area contributed by atoms with Crippen LogP contribution in [0.5, 0.6) is 0 Å². The maximum Gasteiger partial charge on any atom is 0.145 e. The molecule has 1 aromatic heterocycles. The molecule has 0 spiro atoms. The summed E-state index contributed by atoms with van der Waals surface area (Å²) in [6.07, 6.45) is 0.120. The van der Waals surface area contributed by atoms with Gasteiger partial charge in [-0.1, -0.05) is 48.3 Å². The third-order valence-electron chi connectivity index (χ3n) is 3.10. The van der Waals surface area contributed by atoms with Crippen LogP contribution in [-0.2, 0) is 11.3 Å². The molecule has 0 aliphatic heterocycles. The summed E-state index contributed by atoms with van der Waals surface area (Å²) in [4.78, 5) is 0. The van der Waals surface area contributed by atoms with Crippen molar-refractivity contribution in [1.29, 1.82) is 0 Å². The summed E-state index contributed by atoms with van der Waals surface area (Å²) in [7, 11) is 0. The second-order valence-electron chi connectivity index (χ2n) is 5.49. The summed E-state index contributed by atoms with van der Waals surface area (Å²) in [5, 5.41) is 5.29. The van der Waals surface area contributed by atoms with Gasteiger partial charge in [0.1, 0.15) is 11.5 Å². The number of hydrogen-bond donors (Lipinski definition) is 0. The van der Waals surface area contributed by atoms with Gasteiger partial charge in [0.05, 0.1) is 22.8 Å². The van der Waals surface area contributed by atoms with Crippen molar-refractivity contribution in [3.63, 3.8) is 0 Å². The molecule has 2 rings (SSSR count). The van der Waals surface area contributed by atoms with E-state index in [0.29, 0.717) is 27.9 Å². The minimum absolute atomic E-state index is 0.120. The van der Waals surface area contributed by atoms with Gasteiger partial charge in [0.2, 0.25) is 0 Å². The summed E-state index contributed by atoms with van der Waals surface area (Å²) >= 11 is 12.6. The molecule has 0 atom stereocenters. The largest absolute Gasteiger partial charge is 0.374 e. The van der Waals surface area contributed by atoms with Gasteiger partial charge in [0.25, 0.3) is 0 Å². The van der Waals surface area contributed by atoms with Gasteiger partial charge in [-0.15, -0.1) is 0 Å². The van der Waals surface area contributed by atoms with Gasteiger partial charge in [-0.2, -0.15) is 0 Å². The minimum atomic E-state index is 0.120. The quantitative estimate of drug-likeness (QED) is 0.706. The summed E-state index contributed by atoms with van der Waals surface area (Å²) in [5.74, 6) is 1.01. The molecule has 0 aliphatic rings. The molecule has 0 N–H and O–H groups in total. The fraction of sp³-hybridized carbons (Fsp3) is 0.438. The first kappa shape index (κ1) is 16.3. The van der Waals surface area contributed by atoms with E-state index in [9.17, 15) is 0 Å². The van der Waals surface area contributed by atoms with Crippen molar-refractivity contribution in [3.05, 3.63) is 39.6 Å². The third kappa shape index (κ3) is 3.60. The highest BCUT2D eigenvalue weighted by atomic mass is 35.5. The molecule has 0 aliphatic carbocycles. The smallest absolute Gasteiger partial charge is 0.145 e. The molecule has 0 fully saturated rings. The lowest BCUT2D eigenvalue weighted by Gasteiger charge is -2.11. The Balaban J connectivity index is 2.53. The monoisotopic (exact) mass is 327 g/mol. The molecule has 0 saturated carbocycles. The zero-order chi connectivity index (χ0) is 15.6. The molecule has 0 saturated heterocycles. The summed E-state index contributed by atoms with van der Waals surface area (Å²) < 4.78 is 11.2. The number of nitrogens with zero attached hydrogens (tertiary/aromatic N) is 1. The zero-order valence-corrected chi connectivity index (χ0v) is 14.1. The van der Waals surface area contributed by atoms with Crippen molar-refractivity contribution in [2.45, 2.75) is 46.3 Å². The normalized spacial score (nSPS) is 11.6. The first-order valence-electron chi connectivity index (χ1n) is 6.96. The van der Waals surface area contributed by atoms with Gasteiger partial charge >= 0.3 is 0 Å². The topological polar surface area (TPSA) is 35.3 Å². The number of ether oxygens (including phenoxy) is 1. The molecular formula is C16H19Cl2NO2. The Morgan fingerprint density at radius 3 is 2.29 bits per heavy atom. The minimum Gasteiger partial charge on any atom is -0.374 e. The highest BCUT2D eigenvalue weighted by Gasteiger charge is 2.23. The average molecular weight is 328 g/mol. The van der Waals surface area contributed by atoms with Crippen molar-refractivity contribution in [2.24, 2.45) is 0 Å². The standard InChI is InChI=1S/C16H19Cl2NO2/c1-9(2)16-11(8-20-10(3)4)15(19-21-16)14-12(17)6-5-7-13(14)18/h5-7,9-10H,8H2,1-4H3. The number of aromatic nitrogens is 1. The third-order valence-corrected chi connectivity index (χ3v) is 3.73. The van der Waals surface area contributed by atoms with E-state index in [0.717, 1.165) is 11.3 Å². The van der Waals surface area contributed by atoms with Gasteiger partial charge in [0, 0.05) is 17.0 Å². The van der Waals surface area contributed by atoms with E-state index < -0.39 is 0 Å². The molecule has 0 amide bonds. The molecule has 21 heavy (non-hydrogen) atoms. The lowest BCUT2D eigenvalue weighted by Crippen LogP contribution is -2.05. The van der Waals surface area contributed by atoms with Crippen molar-refractivity contribution >= 4 is 23.2 Å². The van der Waals surface area contributed by atoms with Crippen molar-refractivity contribution in [1.82, 2.24) is 5.16 Å². The average Bonchev–Trinajstić information content (AvgIpc) is 2.80. The molecule has 1 aromatic carbocycles. The molecule has 1 heterocycles. The van der Waals surface area contributed by atoms with E-state index in [1.807, 2.05) is 19.9 Å². The second-order valence-corrected chi connectivity index (χ2v) is 6.30. The highest BCUT2D eigenvalue weighted by Crippen LogP contribution is 2.38. The van der Waals surface area contributed by atoms with E-state index in [1.54, 1.807) is 12.1 Å². The highest BCUT2D eigenvalue weighted by molar-refractivity contribution is 6.39. The number of hydrogen-bond acceptors (Lipinski definition) is 3. The van der Waals surface area contributed by atoms with Crippen LogP contribution in [0.15, 0.2) is 22.7 Å². The van der Waals surface area contributed by atoms with Crippen LogP contribution in [0, 0.1) is 0 Å². The number of benzene rings is 1. The van der Waals surface area contributed by atoms with Gasteiger partial charge in [-0.3, -0.25) is 0 Å². The lowest BCUT2D eigenvalue weighted by atomic mass is 10.0. The molecular weight excluding hydrogens is 309 g/mol.